The van der Waals surface area contributed by atoms with Crippen LogP contribution in [-0.2, 0) is 9.53 Å². The van der Waals surface area contributed by atoms with Crippen molar-refractivity contribution in [1.29, 1.82) is 0 Å². The number of carbonyl (C=O) groups excluding carboxylic acids is 2. The third-order valence-electron chi connectivity index (χ3n) is 6.11. The molecule has 0 spiro atoms. The fraction of sp³-hybridized carbons (Fsp3) is 0.407. The van der Waals surface area contributed by atoms with Crippen molar-refractivity contribution in [2.24, 2.45) is 0 Å². The Balaban J connectivity index is 1.55. The lowest BCUT2D eigenvalue weighted by Crippen LogP contribution is -2.51. The molecule has 2 aromatic carbocycles. The van der Waals surface area contributed by atoms with Crippen LogP contribution in [0.15, 0.2) is 65.9 Å². The molecule has 8 nitrogen and oxygen atoms in total. The summed E-state index contributed by atoms with van der Waals surface area (Å²) in [6, 6.07) is 16.9. The third kappa shape index (κ3) is 6.14. The smallest absolute Gasteiger partial charge is 0.338 e. The van der Waals surface area contributed by atoms with Crippen LogP contribution in [-0.4, -0.2) is 62.3 Å². The van der Waals surface area contributed by atoms with Crippen molar-refractivity contribution in [2.45, 2.75) is 32.9 Å². The van der Waals surface area contributed by atoms with E-state index in [0.717, 1.165) is 37.5 Å². The van der Waals surface area contributed by atoms with Crippen molar-refractivity contribution >= 4 is 17.7 Å². The molecule has 1 saturated heterocycles. The van der Waals surface area contributed by atoms with Crippen LogP contribution >= 0.6 is 0 Å². The number of carbonyl (C=O) groups is 2. The Morgan fingerprint density at radius 2 is 1.71 bits per heavy atom. The van der Waals surface area contributed by atoms with Crippen molar-refractivity contribution in [1.82, 2.24) is 15.5 Å². The Morgan fingerprint density at radius 3 is 2.34 bits per heavy atom. The van der Waals surface area contributed by atoms with E-state index in [4.69, 9.17) is 9.47 Å². The molecule has 0 aliphatic carbocycles. The summed E-state index contributed by atoms with van der Waals surface area (Å²) >= 11 is 0. The summed E-state index contributed by atoms with van der Waals surface area (Å²) in [7, 11) is 0. The van der Waals surface area contributed by atoms with Gasteiger partial charge in [0.1, 0.15) is 5.75 Å². The number of rotatable bonds is 8. The number of hydrogen-bond acceptors (Lipinski definition) is 6. The number of esters is 1. The lowest BCUT2D eigenvalue weighted by Gasteiger charge is -2.38. The number of benzene rings is 2. The minimum Gasteiger partial charge on any atom is -0.491 e. The van der Waals surface area contributed by atoms with Gasteiger partial charge in [0.2, 0.25) is 0 Å². The van der Waals surface area contributed by atoms with Crippen LogP contribution in [0.1, 0.15) is 32.4 Å². The second kappa shape index (κ2) is 11.3. The number of anilines is 1. The summed E-state index contributed by atoms with van der Waals surface area (Å²) in [6.07, 6.45) is 0.0587. The summed E-state index contributed by atoms with van der Waals surface area (Å²) in [6.45, 7) is 9.83. The summed E-state index contributed by atoms with van der Waals surface area (Å²) in [5.41, 5.74) is 3.03. The highest BCUT2D eigenvalue weighted by atomic mass is 16.5. The van der Waals surface area contributed by atoms with Crippen LogP contribution in [0.25, 0.3) is 0 Å². The molecule has 1 fully saturated rings. The van der Waals surface area contributed by atoms with Gasteiger partial charge in [-0.2, -0.15) is 0 Å². The standard InChI is InChI=1S/C27H34N4O4/c1-4-34-26(32)24-23(18-30-14-16-31(17-15-30)21-8-6-5-7-9-21)28-27(33)29-25(24)20-10-12-22(13-11-20)35-19(2)3/h5-13,19,25H,4,14-18H2,1-3H3,(H2,28,29,33). The molecule has 1 atom stereocenters. The first kappa shape index (κ1) is 24.6. The predicted octanol–water partition coefficient (Wildman–Crippen LogP) is 3.47. The molecule has 0 aromatic heterocycles. The van der Waals surface area contributed by atoms with Crippen LogP contribution in [0.3, 0.4) is 0 Å². The van der Waals surface area contributed by atoms with Crippen LogP contribution in [0.2, 0.25) is 0 Å². The van der Waals surface area contributed by atoms with Gasteiger partial charge in [-0.25, -0.2) is 9.59 Å². The molecule has 8 heteroatoms. The van der Waals surface area contributed by atoms with Crippen LogP contribution in [0.4, 0.5) is 10.5 Å². The minimum atomic E-state index is -0.600. The van der Waals surface area contributed by atoms with E-state index < -0.39 is 12.0 Å². The van der Waals surface area contributed by atoms with Gasteiger partial charge >= 0.3 is 12.0 Å². The van der Waals surface area contributed by atoms with E-state index in [0.29, 0.717) is 17.8 Å². The first-order valence-electron chi connectivity index (χ1n) is 12.2. The van der Waals surface area contributed by atoms with Gasteiger partial charge in [-0.1, -0.05) is 30.3 Å². The topological polar surface area (TPSA) is 83.1 Å². The van der Waals surface area contributed by atoms with E-state index in [2.05, 4.69) is 32.6 Å². The van der Waals surface area contributed by atoms with Crippen LogP contribution in [0.5, 0.6) is 5.75 Å². The zero-order chi connectivity index (χ0) is 24.8. The van der Waals surface area contributed by atoms with Crippen molar-refractivity contribution in [3.05, 3.63) is 71.4 Å². The number of nitrogens with one attached hydrogen (secondary N) is 2. The lowest BCUT2D eigenvalue weighted by atomic mass is 9.94. The van der Waals surface area contributed by atoms with E-state index in [1.807, 2.05) is 56.3 Å². The predicted molar refractivity (Wildman–Crippen MR) is 135 cm³/mol. The van der Waals surface area contributed by atoms with Crippen molar-refractivity contribution < 1.29 is 19.1 Å². The van der Waals surface area contributed by atoms with Crippen LogP contribution in [0, 0.1) is 0 Å². The first-order chi connectivity index (χ1) is 16.9. The zero-order valence-corrected chi connectivity index (χ0v) is 20.6. The Bertz CT molecular complexity index is 1040. The highest BCUT2D eigenvalue weighted by Gasteiger charge is 2.34. The van der Waals surface area contributed by atoms with Gasteiger partial charge in [-0.15, -0.1) is 0 Å². The molecule has 186 valence electrons. The van der Waals surface area contributed by atoms with Gasteiger partial charge in [0, 0.05) is 44.1 Å². The first-order valence-corrected chi connectivity index (χ1v) is 12.2. The fourth-order valence-corrected chi connectivity index (χ4v) is 4.48. The van der Waals surface area contributed by atoms with Crippen molar-refractivity contribution in [2.75, 3.05) is 44.2 Å². The zero-order valence-electron chi connectivity index (χ0n) is 20.6. The normalized spacial score (nSPS) is 18.8. The van der Waals surface area contributed by atoms with E-state index in [1.54, 1.807) is 6.92 Å². The number of urea groups is 1. The maximum absolute atomic E-state index is 13.1. The quantitative estimate of drug-likeness (QED) is 0.566. The summed E-state index contributed by atoms with van der Waals surface area (Å²) in [5.74, 6) is 0.313. The molecular weight excluding hydrogens is 444 g/mol. The molecule has 2 aliphatic rings. The van der Waals surface area contributed by atoms with Crippen molar-refractivity contribution in [3.63, 3.8) is 0 Å². The number of amides is 2. The second-order valence-electron chi connectivity index (χ2n) is 8.98. The largest absolute Gasteiger partial charge is 0.491 e. The van der Waals surface area contributed by atoms with Crippen molar-refractivity contribution in [3.8, 4) is 5.75 Å². The van der Waals surface area contributed by atoms with Gasteiger partial charge in [0.05, 0.1) is 24.3 Å². The Hall–Kier alpha value is -3.52. The molecule has 35 heavy (non-hydrogen) atoms. The monoisotopic (exact) mass is 478 g/mol. The third-order valence-corrected chi connectivity index (χ3v) is 6.11. The maximum atomic E-state index is 13.1. The second-order valence-corrected chi connectivity index (χ2v) is 8.98. The molecule has 2 aromatic rings. The van der Waals surface area contributed by atoms with E-state index in [1.165, 1.54) is 5.69 Å². The molecular formula is C27H34N4O4. The highest BCUT2D eigenvalue weighted by molar-refractivity contribution is 5.95. The minimum absolute atomic E-state index is 0.0587. The fourth-order valence-electron chi connectivity index (χ4n) is 4.48. The van der Waals surface area contributed by atoms with Gasteiger partial charge < -0.3 is 25.0 Å². The molecule has 2 aliphatic heterocycles. The SMILES string of the molecule is CCOC(=O)C1=C(CN2CCN(c3ccccc3)CC2)NC(=O)NC1c1ccc(OC(C)C)cc1. The maximum Gasteiger partial charge on any atom is 0.338 e. The number of para-hydroxylation sites is 1. The molecule has 2 N–H and O–H groups in total. The van der Waals surface area contributed by atoms with Gasteiger partial charge in [-0.05, 0) is 50.6 Å². The Morgan fingerprint density at radius 1 is 1.03 bits per heavy atom. The van der Waals surface area contributed by atoms with Gasteiger partial charge in [0.15, 0.2) is 0 Å². The highest BCUT2D eigenvalue weighted by Crippen LogP contribution is 2.30. The molecule has 0 radical (unpaired) electrons. The summed E-state index contributed by atoms with van der Waals surface area (Å²) in [4.78, 5) is 30.3. The summed E-state index contributed by atoms with van der Waals surface area (Å²) in [5, 5.41) is 5.78. The van der Waals surface area contributed by atoms with E-state index in [-0.39, 0.29) is 18.7 Å². The number of hydrogen-bond donors (Lipinski definition) is 2. The van der Waals surface area contributed by atoms with Gasteiger partial charge in [-0.3, -0.25) is 4.90 Å². The molecule has 1 unspecified atom stereocenters. The van der Waals surface area contributed by atoms with Crippen LogP contribution < -0.4 is 20.3 Å². The number of nitrogens with zero attached hydrogens (tertiary/aromatic N) is 2. The van der Waals surface area contributed by atoms with E-state index in [9.17, 15) is 9.59 Å². The van der Waals surface area contributed by atoms with Gasteiger partial charge in [0.25, 0.3) is 0 Å². The average molecular weight is 479 g/mol. The van der Waals surface area contributed by atoms with E-state index >= 15 is 0 Å². The molecule has 2 amide bonds. The molecule has 0 bridgehead atoms. The molecule has 2 heterocycles. The Kier molecular flexibility index (Phi) is 7.92. The summed E-state index contributed by atoms with van der Waals surface area (Å²) < 4.78 is 11.1. The average Bonchev–Trinajstić information content (AvgIpc) is 2.85. The number of ether oxygens (including phenoxy) is 2. The lowest BCUT2D eigenvalue weighted by molar-refractivity contribution is -0.139. The molecule has 0 saturated carbocycles. The molecule has 4 rings (SSSR count). The number of piperazine rings is 1. The Labute approximate surface area is 206 Å².